The van der Waals surface area contributed by atoms with Crippen molar-refractivity contribution in [2.45, 2.75) is 65.4 Å². The number of halogens is 2. The van der Waals surface area contributed by atoms with Gasteiger partial charge in [-0.3, -0.25) is 0 Å². The predicted octanol–water partition coefficient (Wildman–Crippen LogP) is 5.22. The molecular weight excluding hydrogens is 258 g/mol. The van der Waals surface area contributed by atoms with E-state index in [1.54, 1.807) is 6.07 Å². The highest BCUT2D eigenvalue weighted by molar-refractivity contribution is 5.35. The molecule has 1 nitrogen and oxygen atoms in total. The predicted molar refractivity (Wildman–Crippen MR) is 77.1 cm³/mol. The van der Waals surface area contributed by atoms with Crippen LogP contribution in [0, 0.1) is 17.0 Å². The number of hydrogen-bond donors (Lipinski definition) is 0. The first kappa shape index (κ1) is 15.3. The van der Waals surface area contributed by atoms with Gasteiger partial charge in [-0.2, -0.15) is 4.39 Å². The minimum Gasteiger partial charge on any atom is -0.487 e. The summed E-state index contributed by atoms with van der Waals surface area (Å²) in [7, 11) is 0. The first-order valence-corrected chi connectivity index (χ1v) is 7.25. The molecule has 1 atom stereocenters. The molecule has 0 radical (unpaired) electrons. The lowest BCUT2D eigenvalue weighted by molar-refractivity contribution is 0.182. The second-order valence-corrected chi connectivity index (χ2v) is 7.67. The van der Waals surface area contributed by atoms with Crippen LogP contribution in [0.2, 0.25) is 0 Å². The van der Waals surface area contributed by atoms with Gasteiger partial charge in [-0.1, -0.05) is 34.6 Å². The maximum absolute atomic E-state index is 13.9. The summed E-state index contributed by atoms with van der Waals surface area (Å²) in [6.07, 6.45) is 2.82. The summed E-state index contributed by atoms with van der Waals surface area (Å²) in [6, 6.07) is 2.91. The maximum Gasteiger partial charge on any atom is 0.200 e. The quantitative estimate of drug-likeness (QED) is 0.722. The standard InChI is InChI=1S/C17H24F2O/c1-16(2,3)11-8-13(18)15(19)14(9-11)20-12-6-7-17(4,5)10-12/h8-9,12H,6-7,10H2,1-5H3. The van der Waals surface area contributed by atoms with E-state index in [9.17, 15) is 8.78 Å². The maximum atomic E-state index is 13.9. The Kier molecular flexibility index (Phi) is 3.83. The van der Waals surface area contributed by atoms with Crippen LogP contribution in [0.5, 0.6) is 5.75 Å². The van der Waals surface area contributed by atoms with E-state index in [2.05, 4.69) is 13.8 Å². The average Bonchev–Trinajstić information content (AvgIpc) is 2.63. The summed E-state index contributed by atoms with van der Waals surface area (Å²) in [5.41, 5.74) is 0.742. The van der Waals surface area contributed by atoms with Crippen molar-refractivity contribution in [1.82, 2.24) is 0 Å². The molecule has 2 rings (SSSR count). The van der Waals surface area contributed by atoms with Crippen LogP contribution in [-0.2, 0) is 5.41 Å². The molecule has 0 aliphatic heterocycles. The van der Waals surface area contributed by atoms with Gasteiger partial charge in [-0.25, -0.2) is 4.39 Å². The van der Waals surface area contributed by atoms with E-state index < -0.39 is 11.6 Å². The molecule has 0 saturated heterocycles. The Morgan fingerprint density at radius 2 is 1.85 bits per heavy atom. The Labute approximate surface area is 120 Å². The van der Waals surface area contributed by atoms with Gasteiger partial charge in [0, 0.05) is 0 Å². The zero-order chi connectivity index (χ0) is 15.1. The summed E-state index contributed by atoms with van der Waals surface area (Å²) in [6.45, 7) is 10.3. The van der Waals surface area contributed by atoms with Crippen LogP contribution in [0.1, 0.15) is 59.4 Å². The zero-order valence-electron chi connectivity index (χ0n) is 13.0. The smallest absolute Gasteiger partial charge is 0.200 e. The molecular formula is C17H24F2O. The van der Waals surface area contributed by atoms with Gasteiger partial charge in [0.05, 0.1) is 6.10 Å². The Bertz CT molecular complexity index is 500. The zero-order valence-corrected chi connectivity index (χ0v) is 13.0. The van der Waals surface area contributed by atoms with Crippen molar-refractivity contribution < 1.29 is 13.5 Å². The molecule has 1 aromatic carbocycles. The average molecular weight is 282 g/mol. The minimum atomic E-state index is -0.872. The van der Waals surface area contributed by atoms with Gasteiger partial charge in [0.15, 0.2) is 11.6 Å². The van der Waals surface area contributed by atoms with Crippen LogP contribution in [-0.4, -0.2) is 6.10 Å². The van der Waals surface area contributed by atoms with Crippen molar-refractivity contribution in [3.63, 3.8) is 0 Å². The topological polar surface area (TPSA) is 9.23 Å². The van der Waals surface area contributed by atoms with E-state index >= 15 is 0 Å². The van der Waals surface area contributed by atoms with Crippen molar-refractivity contribution >= 4 is 0 Å². The number of rotatable bonds is 2. The lowest BCUT2D eigenvalue weighted by Crippen LogP contribution is -2.17. The molecule has 1 aromatic rings. The van der Waals surface area contributed by atoms with Crippen molar-refractivity contribution in [1.29, 1.82) is 0 Å². The summed E-state index contributed by atoms with van der Waals surface area (Å²) < 4.78 is 33.4. The van der Waals surface area contributed by atoms with E-state index in [0.717, 1.165) is 24.8 Å². The molecule has 0 heterocycles. The highest BCUT2D eigenvalue weighted by Crippen LogP contribution is 2.40. The Balaban J connectivity index is 2.25. The molecule has 1 saturated carbocycles. The van der Waals surface area contributed by atoms with Crippen molar-refractivity contribution in [2.24, 2.45) is 5.41 Å². The third-order valence-electron chi connectivity index (χ3n) is 4.08. The molecule has 1 unspecified atom stereocenters. The second-order valence-electron chi connectivity index (χ2n) is 7.67. The number of benzene rings is 1. The van der Waals surface area contributed by atoms with E-state index in [1.165, 1.54) is 6.07 Å². The largest absolute Gasteiger partial charge is 0.487 e. The molecule has 0 aromatic heterocycles. The molecule has 0 N–H and O–H groups in total. The van der Waals surface area contributed by atoms with Gasteiger partial charge >= 0.3 is 0 Å². The monoisotopic (exact) mass is 282 g/mol. The van der Waals surface area contributed by atoms with Gasteiger partial charge in [-0.15, -0.1) is 0 Å². The first-order chi connectivity index (χ1) is 9.08. The fourth-order valence-electron chi connectivity index (χ4n) is 2.73. The van der Waals surface area contributed by atoms with Crippen molar-refractivity contribution in [3.05, 3.63) is 29.3 Å². The Morgan fingerprint density at radius 3 is 2.35 bits per heavy atom. The van der Waals surface area contributed by atoms with Gasteiger partial charge in [0.25, 0.3) is 0 Å². The van der Waals surface area contributed by atoms with E-state index in [1.807, 2.05) is 20.8 Å². The van der Waals surface area contributed by atoms with Crippen LogP contribution in [0.4, 0.5) is 8.78 Å². The summed E-state index contributed by atoms with van der Waals surface area (Å²) in [4.78, 5) is 0. The molecule has 0 bridgehead atoms. The van der Waals surface area contributed by atoms with Crippen LogP contribution < -0.4 is 4.74 Å². The van der Waals surface area contributed by atoms with E-state index in [0.29, 0.717) is 0 Å². The summed E-state index contributed by atoms with van der Waals surface area (Å²) in [5, 5.41) is 0. The molecule has 0 spiro atoms. The fraction of sp³-hybridized carbons (Fsp3) is 0.647. The van der Waals surface area contributed by atoms with Crippen LogP contribution in [0.15, 0.2) is 12.1 Å². The molecule has 1 aliphatic carbocycles. The van der Waals surface area contributed by atoms with Crippen LogP contribution in [0.25, 0.3) is 0 Å². The van der Waals surface area contributed by atoms with Crippen LogP contribution >= 0.6 is 0 Å². The lowest BCUT2D eigenvalue weighted by Gasteiger charge is -2.22. The van der Waals surface area contributed by atoms with E-state index in [-0.39, 0.29) is 22.7 Å². The van der Waals surface area contributed by atoms with Crippen LogP contribution in [0.3, 0.4) is 0 Å². The van der Waals surface area contributed by atoms with E-state index in [4.69, 9.17) is 4.74 Å². The lowest BCUT2D eigenvalue weighted by atomic mass is 9.87. The molecule has 1 aliphatic rings. The molecule has 0 amide bonds. The molecule has 3 heteroatoms. The van der Waals surface area contributed by atoms with Gasteiger partial charge in [0.1, 0.15) is 0 Å². The highest BCUT2D eigenvalue weighted by Gasteiger charge is 2.33. The fourth-order valence-corrected chi connectivity index (χ4v) is 2.73. The molecule has 1 fully saturated rings. The summed E-state index contributed by atoms with van der Waals surface area (Å²) in [5.74, 6) is -1.65. The van der Waals surface area contributed by atoms with Crippen molar-refractivity contribution in [2.75, 3.05) is 0 Å². The number of ether oxygens (including phenoxy) is 1. The number of hydrogen-bond acceptors (Lipinski definition) is 1. The van der Waals surface area contributed by atoms with Crippen molar-refractivity contribution in [3.8, 4) is 5.75 Å². The third-order valence-corrected chi connectivity index (χ3v) is 4.08. The SMILES string of the molecule is CC1(C)CCC(Oc2cc(C(C)(C)C)cc(F)c2F)C1. The van der Waals surface area contributed by atoms with Gasteiger partial charge in [0.2, 0.25) is 5.82 Å². The van der Waals surface area contributed by atoms with Gasteiger partial charge < -0.3 is 4.74 Å². The third kappa shape index (κ3) is 3.31. The second kappa shape index (κ2) is 5.01. The van der Waals surface area contributed by atoms with Gasteiger partial charge in [-0.05, 0) is 47.8 Å². The summed E-state index contributed by atoms with van der Waals surface area (Å²) >= 11 is 0. The molecule has 20 heavy (non-hydrogen) atoms. The Hall–Kier alpha value is -1.12. The normalized spacial score (nSPS) is 22.1. The first-order valence-electron chi connectivity index (χ1n) is 7.25. The Morgan fingerprint density at radius 1 is 1.20 bits per heavy atom. The molecule has 112 valence electrons. The highest BCUT2D eigenvalue weighted by atomic mass is 19.2. The minimum absolute atomic E-state index is 0.0193.